The molecular weight excluding hydrogens is 323 g/mol. The van der Waals surface area contributed by atoms with Crippen molar-refractivity contribution in [3.05, 3.63) is 58.2 Å². The minimum absolute atomic E-state index is 0.328. The zero-order valence-electron chi connectivity index (χ0n) is 11.8. The predicted molar refractivity (Wildman–Crippen MR) is 89.5 cm³/mol. The molecule has 0 radical (unpaired) electrons. The lowest BCUT2D eigenvalue weighted by atomic mass is 10.2. The van der Waals surface area contributed by atoms with E-state index in [4.69, 9.17) is 27.9 Å². The first-order valence-electron chi connectivity index (χ1n) is 6.62. The van der Waals surface area contributed by atoms with Crippen molar-refractivity contribution in [3.8, 4) is 5.75 Å². The van der Waals surface area contributed by atoms with E-state index in [0.29, 0.717) is 33.8 Å². The summed E-state index contributed by atoms with van der Waals surface area (Å²) in [6.07, 6.45) is 4.56. The standard InChI is InChI=1S/C16H14Cl2N2O2/c1-2-22-14-4-3-9-19-16(14)20-15(21)8-6-11-5-7-12(17)10-13(11)18/h3-10H,2H2,1H3,(H,19,20,21)/b8-6+. The topological polar surface area (TPSA) is 51.2 Å². The van der Waals surface area contributed by atoms with Crippen LogP contribution in [-0.4, -0.2) is 17.5 Å². The average molecular weight is 337 g/mol. The molecule has 1 aromatic heterocycles. The predicted octanol–water partition coefficient (Wildman–Crippen LogP) is 4.44. The molecule has 1 amide bonds. The van der Waals surface area contributed by atoms with Crippen LogP contribution in [0.5, 0.6) is 5.75 Å². The molecule has 0 atom stereocenters. The van der Waals surface area contributed by atoms with Crippen LogP contribution in [0.15, 0.2) is 42.6 Å². The summed E-state index contributed by atoms with van der Waals surface area (Å²) in [5, 5.41) is 3.68. The van der Waals surface area contributed by atoms with E-state index in [-0.39, 0.29) is 5.91 Å². The Hall–Kier alpha value is -2.04. The van der Waals surface area contributed by atoms with Crippen molar-refractivity contribution in [1.82, 2.24) is 4.98 Å². The van der Waals surface area contributed by atoms with Gasteiger partial charge in [-0.1, -0.05) is 29.3 Å². The highest BCUT2D eigenvalue weighted by Crippen LogP contribution is 2.23. The first-order valence-corrected chi connectivity index (χ1v) is 7.37. The van der Waals surface area contributed by atoms with E-state index in [2.05, 4.69) is 10.3 Å². The third-order valence-corrected chi connectivity index (χ3v) is 3.25. The van der Waals surface area contributed by atoms with Gasteiger partial charge in [0.15, 0.2) is 11.6 Å². The van der Waals surface area contributed by atoms with Crippen molar-refractivity contribution in [3.63, 3.8) is 0 Å². The third kappa shape index (κ3) is 4.48. The molecule has 1 N–H and O–H groups in total. The van der Waals surface area contributed by atoms with Crippen LogP contribution in [0.25, 0.3) is 6.08 Å². The highest BCUT2D eigenvalue weighted by Gasteiger charge is 2.06. The summed E-state index contributed by atoms with van der Waals surface area (Å²) in [4.78, 5) is 16.0. The van der Waals surface area contributed by atoms with Crippen LogP contribution < -0.4 is 10.1 Å². The molecule has 1 aromatic carbocycles. The van der Waals surface area contributed by atoms with E-state index in [0.717, 1.165) is 0 Å². The second kappa shape index (κ2) is 7.82. The Kier molecular flexibility index (Phi) is 5.81. The Balaban J connectivity index is 2.08. The monoisotopic (exact) mass is 336 g/mol. The van der Waals surface area contributed by atoms with Gasteiger partial charge in [-0.05, 0) is 42.8 Å². The van der Waals surface area contributed by atoms with Crippen LogP contribution >= 0.6 is 23.2 Å². The maximum atomic E-state index is 12.0. The van der Waals surface area contributed by atoms with E-state index in [1.807, 2.05) is 6.92 Å². The van der Waals surface area contributed by atoms with Crippen molar-refractivity contribution < 1.29 is 9.53 Å². The molecule has 2 rings (SSSR count). The Morgan fingerprint density at radius 1 is 1.36 bits per heavy atom. The Labute approximate surface area is 138 Å². The number of nitrogens with zero attached hydrogens (tertiary/aromatic N) is 1. The lowest BCUT2D eigenvalue weighted by molar-refractivity contribution is -0.111. The number of halogens is 2. The number of carbonyl (C=O) groups is 1. The van der Waals surface area contributed by atoms with Gasteiger partial charge in [0.2, 0.25) is 5.91 Å². The number of ether oxygens (including phenoxy) is 1. The Bertz CT molecular complexity index is 702. The minimum atomic E-state index is -0.328. The van der Waals surface area contributed by atoms with Crippen LogP contribution in [0.1, 0.15) is 12.5 Å². The van der Waals surface area contributed by atoms with Gasteiger partial charge < -0.3 is 10.1 Å². The van der Waals surface area contributed by atoms with E-state index in [9.17, 15) is 4.79 Å². The van der Waals surface area contributed by atoms with Crippen LogP contribution in [0, 0.1) is 0 Å². The summed E-state index contributed by atoms with van der Waals surface area (Å²) < 4.78 is 5.40. The number of amides is 1. The van der Waals surface area contributed by atoms with Crippen molar-refractivity contribution >= 4 is 41.0 Å². The lowest BCUT2D eigenvalue weighted by Gasteiger charge is -2.08. The van der Waals surface area contributed by atoms with Crippen LogP contribution in [0.3, 0.4) is 0 Å². The first-order chi connectivity index (χ1) is 10.6. The fourth-order valence-electron chi connectivity index (χ4n) is 1.72. The SMILES string of the molecule is CCOc1cccnc1NC(=O)/C=C/c1ccc(Cl)cc1Cl. The number of hydrogen-bond donors (Lipinski definition) is 1. The Morgan fingerprint density at radius 3 is 2.91 bits per heavy atom. The summed E-state index contributed by atoms with van der Waals surface area (Å²) in [6, 6.07) is 8.54. The molecule has 0 aliphatic rings. The maximum Gasteiger partial charge on any atom is 0.249 e. The zero-order chi connectivity index (χ0) is 15.9. The van der Waals surface area contributed by atoms with Crippen LogP contribution in [0.4, 0.5) is 5.82 Å². The number of anilines is 1. The minimum Gasteiger partial charge on any atom is -0.490 e. The largest absolute Gasteiger partial charge is 0.490 e. The van der Waals surface area contributed by atoms with Crippen LogP contribution in [-0.2, 0) is 4.79 Å². The van der Waals surface area contributed by atoms with Gasteiger partial charge in [-0.15, -0.1) is 0 Å². The van der Waals surface area contributed by atoms with Gasteiger partial charge in [-0.3, -0.25) is 4.79 Å². The van der Waals surface area contributed by atoms with E-state index in [1.165, 1.54) is 6.08 Å². The fourth-order valence-corrected chi connectivity index (χ4v) is 2.19. The quantitative estimate of drug-likeness (QED) is 0.821. The lowest BCUT2D eigenvalue weighted by Crippen LogP contribution is -2.10. The van der Waals surface area contributed by atoms with E-state index >= 15 is 0 Å². The molecule has 0 aliphatic carbocycles. The van der Waals surface area contributed by atoms with Gasteiger partial charge >= 0.3 is 0 Å². The number of pyridine rings is 1. The molecule has 0 bridgehead atoms. The molecule has 4 nitrogen and oxygen atoms in total. The molecule has 1 heterocycles. The number of benzene rings is 1. The van der Waals surface area contributed by atoms with Crippen LogP contribution in [0.2, 0.25) is 10.0 Å². The fraction of sp³-hybridized carbons (Fsp3) is 0.125. The summed E-state index contributed by atoms with van der Waals surface area (Å²) in [5.74, 6) is 0.572. The summed E-state index contributed by atoms with van der Waals surface area (Å²) in [5.41, 5.74) is 0.701. The van der Waals surface area contributed by atoms with Gasteiger partial charge in [0.25, 0.3) is 0 Å². The molecule has 0 spiro atoms. The molecule has 2 aromatic rings. The normalized spacial score (nSPS) is 10.7. The molecule has 6 heteroatoms. The van der Waals surface area contributed by atoms with Gasteiger partial charge in [-0.25, -0.2) is 4.98 Å². The zero-order valence-corrected chi connectivity index (χ0v) is 13.4. The molecule has 0 unspecified atom stereocenters. The smallest absolute Gasteiger partial charge is 0.249 e. The highest BCUT2D eigenvalue weighted by atomic mass is 35.5. The summed E-state index contributed by atoms with van der Waals surface area (Å²) in [7, 11) is 0. The highest BCUT2D eigenvalue weighted by molar-refractivity contribution is 6.35. The maximum absolute atomic E-state index is 12.0. The van der Waals surface area contributed by atoms with E-state index in [1.54, 1.807) is 42.6 Å². The van der Waals surface area contributed by atoms with Gasteiger partial charge in [0, 0.05) is 22.3 Å². The third-order valence-electron chi connectivity index (χ3n) is 2.69. The summed E-state index contributed by atoms with van der Waals surface area (Å²) >= 11 is 11.9. The molecule has 114 valence electrons. The van der Waals surface area contributed by atoms with Crippen molar-refractivity contribution in [2.24, 2.45) is 0 Å². The second-order valence-corrected chi connectivity index (χ2v) is 5.12. The van der Waals surface area contributed by atoms with Crippen molar-refractivity contribution in [2.45, 2.75) is 6.92 Å². The molecule has 0 aliphatic heterocycles. The number of nitrogens with one attached hydrogen (secondary N) is 1. The van der Waals surface area contributed by atoms with Gasteiger partial charge in [0.1, 0.15) is 0 Å². The molecule has 0 saturated carbocycles. The number of aromatic nitrogens is 1. The second-order valence-electron chi connectivity index (χ2n) is 4.27. The summed E-state index contributed by atoms with van der Waals surface area (Å²) in [6.45, 7) is 2.35. The number of rotatable bonds is 5. The number of hydrogen-bond acceptors (Lipinski definition) is 3. The van der Waals surface area contributed by atoms with E-state index < -0.39 is 0 Å². The molecule has 0 saturated heterocycles. The van der Waals surface area contributed by atoms with Crippen molar-refractivity contribution in [1.29, 1.82) is 0 Å². The van der Waals surface area contributed by atoms with Gasteiger partial charge in [-0.2, -0.15) is 0 Å². The van der Waals surface area contributed by atoms with Crippen molar-refractivity contribution in [2.75, 3.05) is 11.9 Å². The Morgan fingerprint density at radius 2 is 2.18 bits per heavy atom. The number of carbonyl (C=O) groups excluding carboxylic acids is 1. The van der Waals surface area contributed by atoms with Gasteiger partial charge in [0.05, 0.1) is 6.61 Å². The average Bonchev–Trinajstić information content (AvgIpc) is 2.48. The molecule has 22 heavy (non-hydrogen) atoms. The molecule has 0 fully saturated rings. The molecular formula is C16H14Cl2N2O2. The first kappa shape index (κ1) is 16.3.